The number of amides is 1. The quantitative estimate of drug-likeness (QED) is 0.186. The maximum absolute atomic E-state index is 12.9. The van der Waals surface area contributed by atoms with Gasteiger partial charge >= 0.3 is 11.7 Å². The van der Waals surface area contributed by atoms with Gasteiger partial charge in [0.1, 0.15) is 24.1 Å². The maximum Gasteiger partial charge on any atom is 0.330 e. The number of aliphatic hydroxyl groups is 2. The molecule has 1 fully saturated rings. The lowest BCUT2D eigenvalue weighted by Gasteiger charge is -2.32. The van der Waals surface area contributed by atoms with Crippen LogP contribution in [0.25, 0.3) is 0 Å². The van der Waals surface area contributed by atoms with Gasteiger partial charge in [-0.25, -0.2) is 9.59 Å². The molecular weight excluding hydrogens is 498 g/mol. The molecule has 0 spiro atoms. The molecule has 0 aromatic carbocycles. The molecule has 14 nitrogen and oxygen atoms in total. The second-order valence-corrected chi connectivity index (χ2v) is 10.3. The van der Waals surface area contributed by atoms with Crippen LogP contribution < -0.4 is 22.3 Å². The molecule has 8 N–H and O–H groups in total. The van der Waals surface area contributed by atoms with Crippen LogP contribution in [-0.2, 0) is 20.1 Å². The van der Waals surface area contributed by atoms with E-state index in [1.54, 1.807) is 19.9 Å². The predicted octanol–water partition coefficient (Wildman–Crippen LogP) is -2.13. The standard InChI is InChI=1S/C21H27N5O9S/c1-21(2,36-8-9-3-4-10(27)7-23-9)16(22)17(31)25-12(19(32)33)15-13(29)14(30)18(35-15)26-6-5-11(28)24-20(26)34/h3-7,12-16,18,27,29-30H,8,22H2,1-2H3,(H,25,31)(H,32,33)(H,24,28,34)/t12-,13-,14+,15+,16+,18+/m0/s1. The van der Waals surface area contributed by atoms with Crippen LogP contribution in [0.1, 0.15) is 25.8 Å². The van der Waals surface area contributed by atoms with E-state index in [4.69, 9.17) is 10.5 Å². The van der Waals surface area contributed by atoms with Gasteiger partial charge in [-0.3, -0.25) is 24.1 Å². The van der Waals surface area contributed by atoms with Gasteiger partial charge in [0, 0.05) is 22.8 Å². The summed E-state index contributed by atoms with van der Waals surface area (Å²) in [6, 6.07) is 1.04. The molecule has 0 bridgehead atoms. The van der Waals surface area contributed by atoms with E-state index in [-0.39, 0.29) is 5.75 Å². The minimum atomic E-state index is -1.82. The van der Waals surface area contributed by atoms with E-state index in [0.29, 0.717) is 11.4 Å². The molecule has 2 aromatic heterocycles. The second-order valence-electron chi connectivity index (χ2n) is 8.69. The fourth-order valence-electron chi connectivity index (χ4n) is 3.51. The molecule has 0 unspecified atom stereocenters. The van der Waals surface area contributed by atoms with Crippen LogP contribution in [0.2, 0.25) is 0 Å². The Hall–Kier alpha value is -3.24. The maximum atomic E-state index is 12.9. The van der Waals surface area contributed by atoms with Gasteiger partial charge in [-0.05, 0) is 26.0 Å². The molecule has 1 aliphatic heterocycles. The highest BCUT2D eigenvalue weighted by atomic mass is 32.2. The first-order valence-electron chi connectivity index (χ1n) is 10.7. The van der Waals surface area contributed by atoms with E-state index >= 15 is 0 Å². The Morgan fingerprint density at radius 1 is 1.28 bits per heavy atom. The fourth-order valence-corrected chi connectivity index (χ4v) is 4.49. The monoisotopic (exact) mass is 525 g/mol. The van der Waals surface area contributed by atoms with Crippen molar-refractivity contribution in [2.24, 2.45) is 5.73 Å². The molecule has 0 saturated carbocycles. The van der Waals surface area contributed by atoms with Crippen molar-refractivity contribution < 1.29 is 34.8 Å². The summed E-state index contributed by atoms with van der Waals surface area (Å²) in [5.74, 6) is -2.07. The first kappa shape index (κ1) is 27.3. The molecule has 3 rings (SSSR count). The molecule has 3 heterocycles. The van der Waals surface area contributed by atoms with Gasteiger partial charge < -0.3 is 36.2 Å². The van der Waals surface area contributed by atoms with Crippen molar-refractivity contribution in [2.45, 2.75) is 61.0 Å². The van der Waals surface area contributed by atoms with Crippen LogP contribution in [0.4, 0.5) is 0 Å². The van der Waals surface area contributed by atoms with Crippen LogP contribution in [0, 0.1) is 0 Å². The lowest BCUT2D eigenvalue weighted by Crippen LogP contribution is -2.59. The third-order valence-corrected chi connectivity index (χ3v) is 7.16. The highest BCUT2D eigenvalue weighted by Crippen LogP contribution is 2.32. The third kappa shape index (κ3) is 5.93. The number of hydrogen-bond donors (Lipinski definition) is 7. The third-order valence-electron chi connectivity index (χ3n) is 5.73. The number of aromatic amines is 1. The van der Waals surface area contributed by atoms with Crippen LogP contribution in [-0.4, -0.2) is 82.0 Å². The van der Waals surface area contributed by atoms with Crippen molar-refractivity contribution >= 4 is 23.6 Å². The Kier molecular flexibility index (Phi) is 8.20. The summed E-state index contributed by atoms with van der Waals surface area (Å²) in [4.78, 5) is 54.2. The summed E-state index contributed by atoms with van der Waals surface area (Å²) < 4.78 is 5.36. The summed E-state index contributed by atoms with van der Waals surface area (Å²) in [6.45, 7) is 3.36. The van der Waals surface area contributed by atoms with Crippen molar-refractivity contribution in [1.29, 1.82) is 0 Å². The molecule has 36 heavy (non-hydrogen) atoms. The number of thioether (sulfide) groups is 1. The van der Waals surface area contributed by atoms with Gasteiger partial charge in [0.2, 0.25) is 5.91 Å². The zero-order chi connectivity index (χ0) is 26.8. The number of carboxylic acids is 1. The summed E-state index contributed by atoms with van der Waals surface area (Å²) in [7, 11) is 0. The predicted molar refractivity (Wildman–Crippen MR) is 126 cm³/mol. The molecule has 6 atom stereocenters. The number of nitrogens with two attached hydrogens (primary N) is 1. The minimum Gasteiger partial charge on any atom is -0.506 e. The number of hydrogen-bond acceptors (Lipinski definition) is 11. The van der Waals surface area contributed by atoms with E-state index in [9.17, 15) is 39.6 Å². The van der Waals surface area contributed by atoms with E-state index < -0.39 is 64.5 Å². The molecule has 0 aliphatic carbocycles. The number of carbonyl (C=O) groups excluding carboxylic acids is 1. The van der Waals surface area contributed by atoms with Crippen LogP contribution in [0.5, 0.6) is 5.75 Å². The van der Waals surface area contributed by atoms with E-state index in [1.807, 2.05) is 4.98 Å². The number of aliphatic hydroxyl groups excluding tert-OH is 2. The normalized spacial score (nSPS) is 23.7. The first-order valence-corrected chi connectivity index (χ1v) is 11.7. The average Bonchev–Trinajstić information content (AvgIpc) is 3.10. The van der Waals surface area contributed by atoms with Gasteiger partial charge in [-0.2, -0.15) is 0 Å². The lowest BCUT2D eigenvalue weighted by atomic mass is 10.00. The van der Waals surface area contributed by atoms with Gasteiger partial charge in [0.05, 0.1) is 17.9 Å². The highest BCUT2D eigenvalue weighted by Gasteiger charge is 2.50. The Morgan fingerprint density at radius 2 is 1.97 bits per heavy atom. The number of aromatic nitrogens is 3. The smallest absolute Gasteiger partial charge is 0.330 e. The second kappa shape index (κ2) is 10.8. The van der Waals surface area contributed by atoms with Crippen LogP contribution >= 0.6 is 11.8 Å². The molecule has 1 saturated heterocycles. The van der Waals surface area contributed by atoms with Crippen LogP contribution in [0.3, 0.4) is 0 Å². The number of ether oxygens (including phenoxy) is 1. The van der Waals surface area contributed by atoms with Gasteiger partial charge in [-0.15, -0.1) is 11.8 Å². The average molecular weight is 526 g/mol. The summed E-state index contributed by atoms with van der Waals surface area (Å²) in [5.41, 5.74) is 5.11. The van der Waals surface area contributed by atoms with Gasteiger partial charge in [0.25, 0.3) is 5.56 Å². The molecule has 1 aliphatic rings. The summed E-state index contributed by atoms with van der Waals surface area (Å²) in [5, 5.41) is 42.2. The number of carboxylic acid groups (broad SMARTS) is 1. The number of nitrogens with zero attached hydrogens (tertiary/aromatic N) is 2. The highest BCUT2D eigenvalue weighted by molar-refractivity contribution is 7.99. The van der Waals surface area contributed by atoms with Gasteiger partial charge in [-0.1, -0.05) is 0 Å². The van der Waals surface area contributed by atoms with E-state index in [2.05, 4.69) is 10.3 Å². The zero-order valence-corrected chi connectivity index (χ0v) is 20.1. The number of carbonyl (C=O) groups is 2. The Balaban J connectivity index is 1.72. The minimum absolute atomic E-state index is 0.00732. The number of aliphatic carboxylic acids is 1. The van der Waals surface area contributed by atoms with Crippen molar-refractivity contribution in [3.63, 3.8) is 0 Å². The first-order chi connectivity index (χ1) is 16.8. The largest absolute Gasteiger partial charge is 0.506 e. The van der Waals surface area contributed by atoms with Crippen molar-refractivity contribution in [1.82, 2.24) is 19.9 Å². The lowest BCUT2D eigenvalue weighted by molar-refractivity contribution is -0.149. The fraction of sp³-hybridized carbons (Fsp3) is 0.476. The van der Waals surface area contributed by atoms with Gasteiger partial charge in [0.15, 0.2) is 12.3 Å². The molecule has 0 radical (unpaired) electrons. The number of pyridine rings is 1. The number of aromatic hydroxyl groups is 1. The van der Waals surface area contributed by atoms with E-state index in [0.717, 1.165) is 16.8 Å². The molecule has 196 valence electrons. The zero-order valence-electron chi connectivity index (χ0n) is 19.3. The van der Waals surface area contributed by atoms with Crippen LogP contribution in [0.15, 0.2) is 40.2 Å². The molecule has 15 heteroatoms. The topological polar surface area (TPSA) is 230 Å². The Labute approximate surface area is 208 Å². The van der Waals surface area contributed by atoms with Crippen molar-refractivity contribution in [2.75, 3.05) is 0 Å². The van der Waals surface area contributed by atoms with E-state index in [1.165, 1.54) is 24.0 Å². The van der Waals surface area contributed by atoms with Crippen molar-refractivity contribution in [3.05, 3.63) is 57.1 Å². The molecular formula is C21H27N5O9S. The molecule has 1 amide bonds. The number of rotatable bonds is 9. The number of H-pyrrole nitrogens is 1. The van der Waals surface area contributed by atoms with Crippen molar-refractivity contribution in [3.8, 4) is 5.75 Å². The Bertz CT molecular complexity index is 1220. The molecule has 2 aromatic rings. The number of nitrogens with one attached hydrogen (secondary N) is 2. The summed E-state index contributed by atoms with van der Waals surface area (Å²) in [6.07, 6.45) is -4.40. The summed E-state index contributed by atoms with van der Waals surface area (Å²) >= 11 is 1.28. The SMILES string of the molecule is CC(C)(SCc1ccc(O)cn1)[C@H](N)C(=O)N[C@H](C(=O)O)[C@H]1O[C@@H](n2ccc(=O)[nH]c2=O)[C@H](O)[C@@H]1O. The Morgan fingerprint density at radius 3 is 2.56 bits per heavy atom.